The maximum absolute atomic E-state index is 12.8. The van der Waals surface area contributed by atoms with Crippen molar-refractivity contribution in [3.8, 4) is 0 Å². The smallest absolute Gasteiger partial charge is 0.226 e. The molecule has 1 amide bonds. The van der Waals surface area contributed by atoms with Gasteiger partial charge in [0.25, 0.3) is 0 Å². The lowest BCUT2D eigenvalue weighted by Crippen LogP contribution is -2.40. The van der Waals surface area contributed by atoms with Crippen LogP contribution in [-0.2, 0) is 27.4 Å². The number of nitrogens with zero attached hydrogens (tertiary/aromatic N) is 3. The highest BCUT2D eigenvalue weighted by Crippen LogP contribution is 2.22. The van der Waals surface area contributed by atoms with Crippen LogP contribution < -0.4 is 0 Å². The number of methoxy groups -OCH3 is 1. The molecule has 2 aliphatic heterocycles. The van der Waals surface area contributed by atoms with E-state index >= 15 is 0 Å². The Kier molecular flexibility index (Phi) is 4.55. The number of hydrogen-bond acceptors (Lipinski definition) is 4. The van der Waals surface area contributed by atoms with Crippen molar-refractivity contribution in [2.24, 2.45) is 11.8 Å². The minimum absolute atomic E-state index is 0.100. The summed E-state index contributed by atoms with van der Waals surface area (Å²) in [6.45, 7) is 4.26. The van der Waals surface area contributed by atoms with Crippen LogP contribution in [0, 0.1) is 11.8 Å². The second kappa shape index (κ2) is 6.58. The van der Waals surface area contributed by atoms with E-state index in [0.29, 0.717) is 32.3 Å². The normalized spacial score (nSPS) is 23.7. The first-order valence-corrected chi connectivity index (χ1v) is 7.63. The van der Waals surface area contributed by atoms with E-state index in [1.54, 1.807) is 7.11 Å². The Labute approximate surface area is 125 Å². The molecule has 0 unspecified atom stereocenters. The molecule has 0 radical (unpaired) electrons. The van der Waals surface area contributed by atoms with E-state index in [1.807, 2.05) is 17.3 Å². The van der Waals surface area contributed by atoms with Crippen molar-refractivity contribution in [1.29, 1.82) is 0 Å². The largest absolute Gasteiger partial charge is 0.384 e. The molecular formula is C15H23N3O3. The molecule has 1 atom stereocenters. The van der Waals surface area contributed by atoms with Gasteiger partial charge in [0.1, 0.15) is 5.82 Å². The molecule has 1 aromatic heterocycles. The highest BCUT2D eigenvalue weighted by Gasteiger charge is 2.30. The topological polar surface area (TPSA) is 56.6 Å². The van der Waals surface area contributed by atoms with Crippen molar-refractivity contribution in [2.45, 2.75) is 25.9 Å². The summed E-state index contributed by atoms with van der Waals surface area (Å²) in [4.78, 5) is 19.1. The first kappa shape index (κ1) is 14.5. The summed E-state index contributed by atoms with van der Waals surface area (Å²) in [5.74, 6) is 1.63. The maximum Gasteiger partial charge on any atom is 0.226 e. The van der Waals surface area contributed by atoms with Crippen molar-refractivity contribution in [3.63, 3.8) is 0 Å². The summed E-state index contributed by atoms with van der Waals surface area (Å²) in [7, 11) is 1.71. The zero-order chi connectivity index (χ0) is 14.7. The van der Waals surface area contributed by atoms with Gasteiger partial charge in [-0.05, 0) is 12.8 Å². The molecule has 1 aromatic rings. The van der Waals surface area contributed by atoms with Gasteiger partial charge in [0, 0.05) is 57.6 Å². The molecule has 0 spiro atoms. The number of fused-ring (bicyclic) bond motifs is 1. The number of aromatic nitrogens is 2. The van der Waals surface area contributed by atoms with Gasteiger partial charge in [0.05, 0.1) is 13.2 Å². The van der Waals surface area contributed by atoms with E-state index in [0.717, 1.165) is 31.8 Å². The van der Waals surface area contributed by atoms with Crippen LogP contribution in [0.1, 0.15) is 18.7 Å². The molecule has 6 nitrogen and oxygen atoms in total. The van der Waals surface area contributed by atoms with Gasteiger partial charge in [-0.15, -0.1) is 0 Å². The predicted molar refractivity (Wildman–Crippen MR) is 76.6 cm³/mol. The monoisotopic (exact) mass is 293 g/mol. The van der Waals surface area contributed by atoms with E-state index in [1.165, 1.54) is 0 Å². The lowest BCUT2D eigenvalue weighted by Gasteiger charge is -2.29. The second-order valence-corrected chi connectivity index (χ2v) is 5.92. The molecule has 0 N–H and O–H groups in total. The van der Waals surface area contributed by atoms with Crippen LogP contribution in [0.25, 0.3) is 0 Å². The first-order chi connectivity index (χ1) is 10.3. The van der Waals surface area contributed by atoms with Gasteiger partial charge in [-0.2, -0.15) is 0 Å². The summed E-state index contributed by atoms with van der Waals surface area (Å²) < 4.78 is 12.8. The number of rotatable bonds is 3. The Morgan fingerprint density at radius 3 is 3.00 bits per heavy atom. The van der Waals surface area contributed by atoms with Crippen LogP contribution in [0.5, 0.6) is 0 Å². The predicted octanol–water partition coefficient (Wildman–Crippen LogP) is 0.914. The lowest BCUT2D eigenvalue weighted by molar-refractivity contribution is -0.140. The summed E-state index contributed by atoms with van der Waals surface area (Å²) in [5, 5.41) is 0. The minimum Gasteiger partial charge on any atom is -0.384 e. The number of hydrogen-bond donors (Lipinski definition) is 0. The van der Waals surface area contributed by atoms with Crippen molar-refractivity contribution in [3.05, 3.63) is 18.2 Å². The number of carbonyl (C=O) groups is 1. The summed E-state index contributed by atoms with van der Waals surface area (Å²) >= 11 is 0. The van der Waals surface area contributed by atoms with Crippen molar-refractivity contribution >= 4 is 5.91 Å². The summed E-state index contributed by atoms with van der Waals surface area (Å²) in [6.07, 6.45) is 5.46. The Bertz CT molecular complexity index is 482. The third-order valence-electron chi connectivity index (χ3n) is 4.35. The van der Waals surface area contributed by atoms with Gasteiger partial charge in [0.2, 0.25) is 5.91 Å². The van der Waals surface area contributed by atoms with Crippen LogP contribution in [0.2, 0.25) is 0 Å². The van der Waals surface area contributed by atoms with Crippen LogP contribution >= 0.6 is 0 Å². The molecule has 6 heteroatoms. The molecule has 3 rings (SSSR count). The van der Waals surface area contributed by atoms with Gasteiger partial charge >= 0.3 is 0 Å². The fourth-order valence-electron chi connectivity index (χ4n) is 3.25. The Morgan fingerprint density at radius 2 is 2.24 bits per heavy atom. The minimum atomic E-state index is 0.100. The third kappa shape index (κ3) is 3.27. The lowest BCUT2D eigenvalue weighted by atomic mass is 9.98. The van der Waals surface area contributed by atoms with Crippen molar-refractivity contribution in [1.82, 2.24) is 14.5 Å². The molecule has 0 saturated carbocycles. The van der Waals surface area contributed by atoms with Crippen molar-refractivity contribution in [2.75, 3.05) is 33.5 Å². The number of imidazole rings is 1. The molecule has 21 heavy (non-hydrogen) atoms. The Balaban J connectivity index is 1.75. The van der Waals surface area contributed by atoms with Crippen LogP contribution in [0.4, 0.5) is 0 Å². The van der Waals surface area contributed by atoms with E-state index < -0.39 is 0 Å². The molecule has 2 aliphatic rings. The van der Waals surface area contributed by atoms with E-state index in [9.17, 15) is 4.79 Å². The van der Waals surface area contributed by atoms with Gasteiger partial charge in [0.15, 0.2) is 0 Å². The molecule has 0 aromatic carbocycles. The second-order valence-electron chi connectivity index (χ2n) is 5.92. The Hall–Kier alpha value is -1.40. The number of ether oxygens (including phenoxy) is 2. The number of amides is 1. The van der Waals surface area contributed by atoms with Crippen LogP contribution in [0.15, 0.2) is 12.4 Å². The van der Waals surface area contributed by atoms with Crippen LogP contribution in [0.3, 0.4) is 0 Å². The zero-order valence-corrected chi connectivity index (χ0v) is 12.5. The van der Waals surface area contributed by atoms with Gasteiger partial charge in [-0.1, -0.05) is 0 Å². The van der Waals surface area contributed by atoms with Crippen LogP contribution in [-0.4, -0.2) is 53.8 Å². The molecule has 1 fully saturated rings. The molecule has 3 heterocycles. The van der Waals surface area contributed by atoms with Crippen molar-refractivity contribution < 1.29 is 14.3 Å². The molecule has 0 aliphatic carbocycles. The van der Waals surface area contributed by atoms with E-state index in [4.69, 9.17) is 9.47 Å². The molecule has 116 valence electrons. The zero-order valence-electron chi connectivity index (χ0n) is 12.5. The van der Waals surface area contributed by atoms with Gasteiger partial charge in [-0.3, -0.25) is 4.79 Å². The SMILES string of the molecule is COC[C@H]1CN(C(=O)C2CCOCC2)Cc2nccn2C1. The van der Waals surface area contributed by atoms with E-state index in [-0.39, 0.29) is 11.8 Å². The average Bonchev–Trinajstić information content (AvgIpc) is 2.86. The third-order valence-corrected chi connectivity index (χ3v) is 4.35. The van der Waals surface area contributed by atoms with Gasteiger partial charge < -0.3 is 18.9 Å². The molecular weight excluding hydrogens is 270 g/mol. The number of carbonyl (C=O) groups excluding carboxylic acids is 1. The summed E-state index contributed by atoms with van der Waals surface area (Å²) in [5.41, 5.74) is 0. The molecule has 0 bridgehead atoms. The standard InChI is InChI=1S/C15H23N3O3/c1-20-11-12-8-17-5-4-16-14(17)10-18(9-12)15(19)13-2-6-21-7-3-13/h4-5,12-13H,2-3,6-11H2,1H3/t12-/m1/s1. The van der Waals surface area contributed by atoms with Gasteiger partial charge in [-0.25, -0.2) is 4.98 Å². The molecule has 1 saturated heterocycles. The highest BCUT2D eigenvalue weighted by atomic mass is 16.5. The quantitative estimate of drug-likeness (QED) is 0.831. The highest BCUT2D eigenvalue weighted by molar-refractivity contribution is 5.79. The fourth-order valence-corrected chi connectivity index (χ4v) is 3.25. The maximum atomic E-state index is 12.8. The summed E-state index contributed by atoms with van der Waals surface area (Å²) in [6, 6.07) is 0. The first-order valence-electron chi connectivity index (χ1n) is 7.63. The fraction of sp³-hybridized carbons (Fsp3) is 0.733. The average molecular weight is 293 g/mol. The van der Waals surface area contributed by atoms with E-state index in [2.05, 4.69) is 9.55 Å². The Morgan fingerprint density at radius 1 is 1.43 bits per heavy atom.